The molecule has 20 heteroatoms. The fourth-order valence-electron chi connectivity index (χ4n) is 5.29. The van der Waals surface area contributed by atoms with Crippen LogP contribution in [0, 0.1) is 0 Å². The fraction of sp³-hybridized carbons (Fsp3) is 0.400. The molecule has 2 fully saturated rings. The van der Waals surface area contributed by atoms with Gasteiger partial charge in [0.2, 0.25) is 5.60 Å². The Balaban J connectivity index is 1.20. The maximum Gasteiger partial charge on any atom is 0.350 e. The molecule has 17 nitrogen and oxygen atoms in total. The second kappa shape index (κ2) is 11.8. The van der Waals surface area contributed by atoms with E-state index in [9.17, 15) is 29.4 Å². The molecule has 1 saturated heterocycles. The molecule has 2 amide bonds. The van der Waals surface area contributed by atoms with Crippen molar-refractivity contribution in [3.63, 3.8) is 0 Å². The van der Waals surface area contributed by atoms with E-state index in [1.807, 2.05) is 0 Å². The molecule has 1 saturated carbocycles. The molecule has 2 atom stereocenters. The highest BCUT2D eigenvalue weighted by molar-refractivity contribution is 8.01. The number of nitrogen functional groups attached to an aromatic ring is 2. The maximum absolute atomic E-state index is 13.4. The minimum absolute atomic E-state index is 0.0399. The summed E-state index contributed by atoms with van der Waals surface area (Å²) in [5.41, 5.74) is 10.6. The summed E-state index contributed by atoms with van der Waals surface area (Å²) in [7, 11) is 1.80. The molecule has 0 radical (unpaired) electrons. The van der Waals surface area contributed by atoms with Crippen LogP contribution in [0.1, 0.15) is 31.4 Å². The van der Waals surface area contributed by atoms with Gasteiger partial charge in [0.15, 0.2) is 10.8 Å². The Hall–Kier alpha value is -4.43. The number of nitrogens with one attached hydrogen (secondary N) is 1. The third kappa shape index (κ3) is 5.52. The quantitative estimate of drug-likeness (QED) is 0.0477. The van der Waals surface area contributed by atoms with E-state index in [4.69, 9.17) is 16.3 Å². The van der Waals surface area contributed by atoms with Gasteiger partial charge in [0.05, 0.1) is 24.8 Å². The third-order valence-electron chi connectivity index (χ3n) is 7.60. The zero-order valence-corrected chi connectivity index (χ0v) is 26.0. The van der Waals surface area contributed by atoms with E-state index in [1.54, 1.807) is 28.5 Å². The Morgan fingerprint density at radius 3 is 2.73 bits per heavy atom. The second-order valence-electron chi connectivity index (χ2n) is 10.5. The molecule has 45 heavy (non-hydrogen) atoms. The van der Waals surface area contributed by atoms with E-state index >= 15 is 0 Å². The van der Waals surface area contributed by atoms with Gasteiger partial charge in [-0.25, -0.2) is 14.3 Å². The number of hydrogen-bond donors (Lipinski definition) is 4. The highest BCUT2D eigenvalue weighted by Crippen LogP contribution is 2.41. The first-order chi connectivity index (χ1) is 21.5. The monoisotopic (exact) mass is 674 g/mol. The minimum Gasteiger partial charge on any atom is -0.543 e. The van der Waals surface area contributed by atoms with Crippen LogP contribution < -0.4 is 26.5 Å². The second-order valence-corrected chi connectivity index (χ2v) is 13.4. The Kier molecular flexibility index (Phi) is 8.04. The number of nitrogens with zero attached hydrogens (tertiary/aromatic N) is 7. The van der Waals surface area contributed by atoms with Crippen LogP contribution in [0.3, 0.4) is 0 Å². The number of anilines is 2. The molecular formula is C25H26N10O7S3. The van der Waals surface area contributed by atoms with Crippen LogP contribution >= 0.6 is 34.9 Å². The first-order valence-electron chi connectivity index (χ1n) is 13.5. The number of amides is 2. The zero-order chi connectivity index (χ0) is 32.0. The summed E-state index contributed by atoms with van der Waals surface area (Å²) in [5, 5.41) is 34.1. The standard InChI is InChI=1S/C25H26N10O7S3/c1-33-10-28-35-14(33)6-13(26)30-24(35)45-8-11-7-43-20-16(19(37)34(20)17(11)21(38)39)31-18(36)15(12-9-44-23(27)29-12)32-42-25(22(40)41)4-2-3-5-25/h6,9-10,16,20,26H,2-5,7-8H2,1H3,(H5,27,29,31,36,38,39,40,41)/b32-15-/t16?,20-/m1/s1. The molecule has 1 aliphatic carbocycles. The highest BCUT2D eigenvalue weighted by Gasteiger charge is 2.53. The predicted molar refractivity (Wildman–Crippen MR) is 159 cm³/mol. The summed E-state index contributed by atoms with van der Waals surface area (Å²) in [5.74, 6) is -3.61. The van der Waals surface area contributed by atoms with Gasteiger partial charge >= 0.3 is 5.97 Å². The largest absolute Gasteiger partial charge is 0.543 e. The number of oxime groups is 1. The minimum atomic E-state index is -1.58. The lowest BCUT2D eigenvalue weighted by molar-refractivity contribution is -0.646. The summed E-state index contributed by atoms with van der Waals surface area (Å²) >= 11 is 3.51. The number of carboxylic acids is 2. The van der Waals surface area contributed by atoms with Gasteiger partial charge in [-0.2, -0.15) is 4.98 Å². The van der Waals surface area contributed by atoms with Crippen LogP contribution in [0.4, 0.5) is 10.9 Å². The van der Waals surface area contributed by atoms with Crippen molar-refractivity contribution in [1.82, 2.24) is 29.8 Å². The van der Waals surface area contributed by atoms with E-state index < -0.39 is 40.8 Å². The van der Waals surface area contributed by atoms with Crippen molar-refractivity contribution in [1.29, 1.82) is 0 Å². The summed E-state index contributed by atoms with van der Waals surface area (Å²) in [6.45, 7) is 0. The summed E-state index contributed by atoms with van der Waals surface area (Å²) in [6, 6.07) is 0.549. The molecule has 0 spiro atoms. The van der Waals surface area contributed by atoms with E-state index in [-0.39, 0.29) is 52.4 Å². The number of aliphatic carboxylic acids is 2. The maximum atomic E-state index is 13.4. The van der Waals surface area contributed by atoms with Crippen LogP contribution in [0.5, 0.6) is 0 Å². The molecule has 0 aromatic carbocycles. The summed E-state index contributed by atoms with van der Waals surface area (Å²) < 4.78 is 3.33. The number of hydrogen-bond acceptors (Lipinski definition) is 15. The SMILES string of the molecule is C[n+]1cnn2c(SCC3=C(C(=O)[O-])N4C(=O)C(NC(=O)/C(=N\OC5(C(=O)O)CCCC5)c5csc(N)n5)[C@H]4SC3)nc(N)cc21. The van der Waals surface area contributed by atoms with Crippen molar-refractivity contribution in [3.8, 4) is 0 Å². The Morgan fingerprint density at radius 1 is 1.31 bits per heavy atom. The Morgan fingerprint density at radius 2 is 2.07 bits per heavy atom. The van der Waals surface area contributed by atoms with Crippen LogP contribution in [-0.2, 0) is 31.1 Å². The Labute approximate surface area is 266 Å². The van der Waals surface area contributed by atoms with Gasteiger partial charge in [-0.3, -0.25) is 14.5 Å². The molecule has 236 valence electrons. The summed E-state index contributed by atoms with van der Waals surface area (Å²) in [6.07, 6.45) is 3.26. The van der Waals surface area contributed by atoms with Crippen molar-refractivity contribution in [2.24, 2.45) is 12.2 Å². The van der Waals surface area contributed by atoms with Gasteiger partial charge < -0.3 is 36.6 Å². The number of carbonyl (C=O) groups is 4. The zero-order valence-electron chi connectivity index (χ0n) is 23.5. The lowest BCUT2D eigenvalue weighted by Gasteiger charge is -2.50. The first-order valence-corrected chi connectivity index (χ1v) is 16.4. The van der Waals surface area contributed by atoms with Gasteiger partial charge in [0, 0.05) is 34.8 Å². The van der Waals surface area contributed by atoms with E-state index in [0.29, 0.717) is 29.2 Å². The van der Waals surface area contributed by atoms with Gasteiger partial charge in [-0.15, -0.1) is 23.1 Å². The predicted octanol–water partition coefficient (Wildman–Crippen LogP) is -1.51. The molecule has 3 aromatic heterocycles. The average Bonchev–Trinajstić information content (AvgIpc) is 3.75. The number of aryl methyl sites for hydroxylation is 1. The molecular weight excluding hydrogens is 649 g/mol. The average molecular weight is 675 g/mol. The van der Waals surface area contributed by atoms with Crippen LogP contribution in [0.15, 0.2) is 39.4 Å². The van der Waals surface area contributed by atoms with Gasteiger partial charge in [-0.05, 0) is 22.9 Å². The fourth-order valence-corrected chi connectivity index (χ4v) is 8.29. The topological polar surface area (TPSA) is 247 Å². The molecule has 6 N–H and O–H groups in total. The normalized spacial score (nSPS) is 21.0. The van der Waals surface area contributed by atoms with E-state index in [0.717, 1.165) is 16.2 Å². The van der Waals surface area contributed by atoms with Crippen LogP contribution in [-0.4, -0.2) is 87.6 Å². The smallest absolute Gasteiger partial charge is 0.350 e. The van der Waals surface area contributed by atoms with E-state index in [1.165, 1.54) is 28.9 Å². The van der Waals surface area contributed by atoms with Crippen LogP contribution in [0.25, 0.3) is 5.65 Å². The van der Waals surface area contributed by atoms with E-state index in [2.05, 4.69) is 25.5 Å². The third-order valence-corrected chi connectivity index (χ3v) is 10.6. The van der Waals surface area contributed by atoms with Crippen molar-refractivity contribution in [2.75, 3.05) is 23.0 Å². The summed E-state index contributed by atoms with van der Waals surface area (Å²) in [4.78, 5) is 65.9. The number of β-lactam (4-membered cyclic amide) rings is 1. The van der Waals surface area contributed by atoms with Gasteiger partial charge in [0.25, 0.3) is 28.9 Å². The molecule has 0 bridgehead atoms. The molecule has 2 aliphatic heterocycles. The number of aromatic nitrogens is 5. The van der Waals surface area contributed by atoms with Crippen molar-refractivity contribution >= 4 is 80.9 Å². The van der Waals surface area contributed by atoms with Gasteiger partial charge in [-0.1, -0.05) is 16.9 Å². The number of fused-ring (bicyclic) bond motifs is 2. The highest BCUT2D eigenvalue weighted by atomic mass is 32.2. The van der Waals surface area contributed by atoms with Crippen molar-refractivity contribution < 1.29 is 38.8 Å². The van der Waals surface area contributed by atoms with Gasteiger partial charge in [0.1, 0.15) is 22.9 Å². The molecule has 1 unspecified atom stereocenters. The lowest BCUT2D eigenvalue weighted by Crippen LogP contribution is -2.71. The molecule has 3 aromatic rings. The van der Waals surface area contributed by atoms with Crippen molar-refractivity contribution in [3.05, 3.63) is 34.7 Å². The number of thiazole rings is 1. The number of thioether (sulfide) groups is 2. The Bertz CT molecular complexity index is 1800. The molecule has 3 aliphatic rings. The van der Waals surface area contributed by atoms with Crippen molar-refractivity contribution in [2.45, 2.75) is 47.9 Å². The first kappa shape index (κ1) is 30.6. The van der Waals surface area contributed by atoms with Crippen LogP contribution in [0.2, 0.25) is 0 Å². The number of carboxylic acid groups (broad SMARTS) is 2. The number of nitrogens with two attached hydrogens (primary N) is 2. The molecule has 5 heterocycles. The number of carbonyl (C=O) groups excluding carboxylic acids is 3. The molecule has 6 rings (SSSR count). The number of rotatable bonds is 10. The lowest BCUT2D eigenvalue weighted by atomic mass is 10.0.